The molecule has 2 fully saturated rings. The number of hydrogen-bond acceptors (Lipinski definition) is 4. The molecule has 36 heavy (non-hydrogen) atoms. The normalized spacial score (nSPS) is 19.3. The molecule has 4 rings (SSSR count). The minimum atomic E-state index is -0.686. The van der Waals surface area contributed by atoms with E-state index in [1.807, 2.05) is 4.90 Å². The molecule has 0 spiro atoms. The van der Waals surface area contributed by atoms with Crippen molar-refractivity contribution in [2.45, 2.75) is 38.3 Å². The largest absolute Gasteiger partial charge is 0.384 e. The minimum Gasteiger partial charge on any atom is -0.384 e. The van der Waals surface area contributed by atoms with Crippen molar-refractivity contribution < 1.29 is 23.1 Å². The Bertz CT molecular complexity index is 1030. The first kappa shape index (κ1) is 26.2. The summed E-state index contributed by atoms with van der Waals surface area (Å²) < 4.78 is 33.2. The summed E-state index contributed by atoms with van der Waals surface area (Å²) >= 11 is 0. The van der Waals surface area contributed by atoms with Crippen molar-refractivity contribution in [1.29, 1.82) is 0 Å². The van der Waals surface area contributed by atoms with Gasteiger partial charge in [-0.15, -0.1) is 0 Å². The molecule has 2 saturated heterocycles. The first-order chi connectivity index (χ1) is 17.4. The summed E-state index contributed by atoms with van der Waals surface area (Å²) in [6.45, 7) is 4.24. The van der Waals surface area contributed by atoms with Crippen molar-refractivity contribution in [3.8, 4) is 0 Å². The molecule has 0 N–H and O–H groups in total. The van der Waals surface area contributed by atoms with Crippen LogP contribution in [0, 0.1) is 17.6 Å². The molecule has 0 aromatic heterocycles. The van der Waals surface area contributed by atoms with E-state index in [-0.39, 0.29) is 23.9 Å². The molecule has 1 unspecified atom stereocenters. The zero-order valence-electron chi connectivity index (χ0n) is 21.1. The number of carbonyl (C=O) groups excluding carboxylic acids is 2. The molecule has 6 nitrogen and oxygen atoms in total. The van der Waals surface area contributed by atoms with Crippen LogP contribution in [-0.4, -0.2) is 79.5 Å². The maximum absolute atomic E-state index is 13.9. The fourth-order valence-electron chi connectivity index (χ4n) is 5.39. The van der Waals surface area contributed by atoms with E-state index in [0.29, 0.717) is 36.2 Å². The van der Waals surface area contributed by atoms with Crippen molar-refractivity contribution in [2.24, 2.45) is 5.92 Å². The van der Waals surface area contributed by atoms with Crippen LogP contribution in [0.4, 0.5) is 8.78 Å². The van der Waals surface area contributed by atoms with Crippen LogP contribution in [0.1, 0.15) is 52.0 Å². The topological polar surface area (TPSA) is 53.1 Å². The number of rotatable bonds is 7. The molecule has 2 aromatic carbocycles. The first-order valence-electron chi connectivity index (χ1n) is 12.7. The summed E-state index contributed by atoms with van der Waals surface area (Å²) in [6, 6.07) is 10.6. The molecular weight excluding hydrogens is 464 g/mol. The Morgan fingerprint density at radius 1 is 0.972 bits per heavy atom. The molecule has 194 valence electrons. The van der Waals surface area contributed by atoms with Crippen LogP contribution < -0.4 is 0 Å². The van der Waals surface area contributed by atoms with Crippen LogP contribution in [0.3, 0.4) is 0 Å². The zero-order chi connectivity index (χ0) is 25.7. The van der Waals surface area contributed by atoms with Gasteiger partial charge in [0.2, 0.25) is 0 Å². The van der Waals surface area contributed by atoms with Gasteiger partial charge in [0, 0.05) is 56.5 Å². The van der Waals surface area contributed by atoms with E-state index in [1.165, 1.54) is 43.0 Å². The van der Waals surface area contributed by atoms with E-state index in [9.17, 15) is 18.4 Å². The van der Waals surface area contributed by atoms with Gasteiger partial charge in [0.1, 0.15) is 11.6 Å². The number of halogens is 2. The molecule has 2 heterocycles. The third-order valence-electron chi connectivity index (χ3n) is 7.40. The number of ether oxygens (including phenoxy) is 1. The molecule has 0 saturated carbocycles. The Labute approximate surface area is 211 Å². The number of methoxy groups -OCH3 is 1. The van der Waals surface area contributed by atoms with Gasteiger partial charge in [-0.1, -0.05) is 6.07 Å². The van der Waals surface area contributed by atoms with Crippen LogP contribution in [0.15, 0.2) is 42.5 Å². The summed E-state index contributed by atoms with van der Waals surface area (Å²) in [5.41, 5.74) is 0.744. The van der Waals surface area contributed by atoms with Crippen LogP contribution >= 0.6 is 0 Å². The molecular formula is C28H35F2N3O3. The molecule has 0 aliphatic carbocycles. The van der Waals surface area contributed by atoms with E-state index in [4.69, 9.17) is 4.74 Å². The summed E-state index contributed by atoms with van der Waals surface area (Å²) in [7, 11) is 3.26. The second kappa shape index (κ2) is 11.9. The highest BCUT2D eigenvalue weighted by molar-refractivity contribution is 5.97. The standard InChI is InChI=1S/C28H35F2N3O3/c1-31(18-24-25(29)6-3-7-26(24)30)27(34)21-8-10-22(11-9-21)28(35)32-15-12-23(13-16-32)33-14-4-5-20(17-33)19-36-2/h3,6-11,20,23H,4-5,12-19H2,1-2H3. The van der Waals surface area contributed by atoms with Crippen LogP contribution in [0.5, 0.6) is 0 Å². The lowest BCUT2D eigenvalue weighted by Crippen LogP contribution is -2.50. The van der Waals surface area contributed by atoms with Crippen LogP contribution in [0.2, 0.25) is 0 Å². The fourth-order valence-corrected chi connectivity index (χ4v) is 5.39. The number of carbonyl (C=O) groups is 2. The van der Waals surface area contributed by atoms with Gasteiger partial charge in [-0.25, -0.2) is 8.78 Å². The van der Waals surface area contributed by atoms with E-state index in [1.54, 1.807) is 31.4 Å². The number of likely N-dealkylation sites (tertiary alicyclic amines) is 2. The number of hydrogen-bond donors (Lipinski definition) is 0. The Hall–Kier alpha value is -2.84. The third kappa shape index (κ3) is 6.10. The van der Waals surface area contributed by atoms with Crippen molar-refractivity contribution >= 4 is 11.8 Å². The number of amides is 2. The van der Waals surface area contributed by atoms with Gasteiger partial charge in [-0.2, -0.15) is 0 Å². The molecule has 2 aliphatic heterocycles. The van der Waals surface area contributed by atoms with Gasteiger partial charge in [0.15, 0.2) is 0 Å². The van der Waals surface area contributed by atoms with Crippen molar-refractivity contribution in [1.82, 2.24) is 14.7 Å². The van der Waals surface area contributed by atoms with E-state index >= 15 is 0 Å². The fraction of sp³-hybridized carbons (Fsp3) is 0.500. The zero-order valence-corrected chi connectivity index (χ0v) is 21.1. The summed E-state index contributed by atoms with van der Waals surface area (Å²) in [6.07, 6.45) is 4.33. The van der Waals surface area contributed by atoms with Gasteiger partial charge in [-0.05, 0) is 74.5 Å². The smallest absolute Gasteiger partial charge is 0.253 e. The van der Waals surface area contributed by atoms with E-state index in [2.05, 4.69) is 4.90 Å². The number of nitrogens with zero attached hydrogens (tertiary/aromatic N) is 3. The molecule has 1 atom stereocenters. The molecule has 8 heteroatoms. The SMILES string of the molecule is COCC1CCCN(C2CCN(C(=O)c3ccc(C(=O)N(C)Cc4c(F)cccc4F)cc3)CC2)C1. The van der Waals surface area contributed by atoms with Crippen molar-refractivity contribution in [3.63, 3.8) is 0 Å². The van der Waals surface area contributed by atoms with E-state index in [0.717, 1.165) is 32.5 Å². The highest BCUT2D eigenvalue weighted by atomic mass is 19.1. The summed E-state index contributed by atoms with van der Waals surface area (Å²) in [5.74, 6) is -1.19. The molecule has 2 aromatic rings. The van der Waals surface area contributed by atoms with Gasteiger partial charge >= 0.3 is 0 Å². The molecule has 2 amide bonds. The Balaban J connectivity index is 1.31. The quantitative estimate of drug-likeness (QED) is 0.573. The van der Waals surface area contributed by atoms with E-state index < -0.39 is 11.6 Å². The highest BCUT2D eigenvalue weighted by Crippen LogP contribution is 2.25. The summed E-state index contributed by atoms with van der Waals surface area (Å²) in [5, 5.41) is 0. The second-order valence-corrected chi connectivity index (χ2v) is 9.92. The first-order valence-corrected chi connectivity index (χ1v) is 12.7. The van der Waals surface area contributed by atoms with Gasteiger partial charge in [-0.3, -0.25) is 14.5 Å². The average molecular weight is 500 g/mol. The number of benzene rings is 2. The third-order valence-corrected chi connectivity index (χ3v) is 7.40. The lowest BCUT2D eigenvalue weighted by atomic mass is 9.94. The Morgan fingerprint density at radius 3 is 2.25 bits per heavy atom. The Kier molecular flexibility index (Phi) is 8.69. The minimum absolute atomic E-state index is 0.0369. The van der Waals surface area contributed by atoms with Crippen LogP contribution in [-0.2, 0) is 11.3 Å². The lowest BCUT2D eigenvalue weighted by Gasteiger charge is -2.42. The van der Waals surface area contributed by atoms with Gasteiger partial charge in [0.05, 0.1) is 13.2 Å². The predicted octanol–water partition coefficient (Wildman–Crippen LogP) is 4.20. The summed E-state index contributed by atoms with van der Waals surface area (Å²) in [4.78, 5) is 31.6. The van der Waals surface area contributed by atoms with Crippen molar-refractivity contribution in [3.05, 3.63) is 70.8 Å². The van der Waals surface area contributed by atoms with Gasteiger partial charge in [0.25, 0.3) is 11.8 Å². The number of piperidine rings is 2. The average Bonchev–Trinajstić information content (AvgIpc) is 2.90. The Morgan fingerprint density at radius 2 is 1.61 bits per heavy atom. The van der Waals surface area contributed by atoms with Crippen molar-refractivity contribution in [2.75, 3.05) is 46.9 Å². The second-order valence-electron chi connectivity index (χ2n) is 9.92. The lowest BCUT2D eigenvalue weighted by molar-refractivity contribution is 0.0390. The molecule has 2 aliphatic rings. The highest BCUT2D eigenvalue weighted by Gasteiger charge is 2.30. The monoisotopic (exact) mass is 499 g/mol. The van der Waals surface area contributed by atoms with Crippen LogP contribution in [0.25, 0.3) is 0 Å². The maximum Gasteiger partial charge on any atom is 0.253 e. The predicted molar refractivity (Wildman–Crippen MR) is 134 cm³/mol. The maximum atomic E-state index is 13.9. The molecule has 0 bridgehead atoms. The van der Waals surface area contributed by atoms with Gasteiger partial charge < -0.3 is 14.5 Å². The molecule has 0 radical (unpaired) electrons.